The molecule has 0 bridgehead atoms. The number of carbonyl (C=O) groups is 1. The van der Waals surface area contributed by atoms with Gasteiger partial charge in [-0.15, -0.1) is 0 Å². The van der Waals surface area contributed by atoms with Gasteiger partial charge in [-0.25, -0.2) is 0 Å². The highest BCUT2D eigenvalue weighted by molar-refractivity contribution is 5.77. The number of para-hydroxylation sites is 2. The molecule has 0 saturated carbocycles. The molecule has 108 valence electrons. The molecule has 2 fully saturated rings. The van der Waals surface area contributed by atoms with Crippen LogP contribution in [0.4, 0.5) is 5.69 Å². The first-order chi connectivity index (χ1) is 9.74. The van der Waals surface area contributed by atoms with Gasteiger partial charge >= 0.3 is 0 Å². The highest BCUT2D eigenvalue weighted by Gasteiger charge is 2.26. The largest absolute Gasteiger partial charge is 0.506 e. The second-order valence-corrected chi connectivity index (χ2v) is 5.58. The van der Waals surface area contributed by atoms with Crippen LogP contribution in [0.5, 0.6) is 5.75 Å². The van der Waals surface area contributed by atoms with Gasteiger partial charge in [-0.3, -0.25) is 4.79 Å². The zero-order valence-corrected chi connectivity index (χ0v) is 11.6. The number of benzene rings is 1. The third-order valence-corrected chi connectivity index (χ3v) is 4.18. The van der Waals surface area contributed by atoms with Gasteiger partial charge in [0.15, 0.2) is 0 Å². The number of phenolic OH excluding ortho intramolecular Hbond substituents is 1. The monoisotopic (exact) mass is 275 g/mol. The van der Waals surface area contributed by atoms with E-state index in [1.54, 1.807) is 6.07 Å². The maximum Gasteiger partial charge on any atom is 0.223 e. The van der Waals surface area contributed by atoms with E-state index in [0.717, 1.165) is 45.0 Å². The quantitative estimate of drug-likeness (QED) is 0.850. The smallest absolute Gasteiger partial charge is 0.223 e. The summed E-state index contributed by atoms with van der Waals surface area (Å²) in [4.78, 5) is 16.2. The minimum absolute atomic E-state index is 0.272. The van der Waals surface area contributed by atoms with E-state index in [2.05, 4.69) is 10.2 Å². The van der Waals surface area contributed by atoms with Crippen LogP contribution in [0.3, 0.4) is 0 Å². The number of nitrogens with one attached hydrogen (secondary N) is 1. The van der Waals surface area contributed by atoms with Gasteiger partial charge in [0.1, 0.15) is 5.75 Å². The number of hydrogen-bond acceptors (Lipinski definition) is 4. The van der Waals surface area contributed by atoms with E-state index >= 15 is 0 Å². The number of anilines is 1. The molecule has 5 heteroatoms. The molecule has 0 spiro atoms. The minimum Gasteiger partial charge on any atom is -0.506 e. The molecular formula is C15H21N3O2. The van der Waals surface area contributed by atoms with Crippen molar-refractivity contribution in [1.82, 2.24) is 10.2 Å². The number of nitrogens with zero attached hydrogens (tertiary/aromatic N) is 2. The second-order valence-electron chi connectivity index (χ2n) is 5.58. The van der Waals surface area contributed by atoms with Gasteiger partial charge in [-0.2, -0.15) is 0 Å². The molecule has 0 aromatic heterocycles. The highest BCUT2D eigenvalue weighted by atomic mass is 16.3. The Morgan fingerprint density at radius 3 is 2.50 bits per heavy atom. The number of aromatic hydroxyl groups is 1. The first-order valence-electron chi connectivity index (χ1n) is 7.25. The van der Waals surface area contributed by atoms with Crippen molar-refractivity contribution in [2.24, 2.45) is 5.92 Å². The van der Waals surface area contributed by atoms with Crippen LogP contribution in [0.15, 0.2) is 24.3 Å². The molecule has 0 atom stereocenters. The van der Waals surface area contributed by atoms with Crippen LogP contribution in [-0.4, -0.2) is 55.2 Å². The lowest BCUT2D eigenvalue weighted by Gasteiger charge is -2.37. The van der Waals surface area contributed by atoms with E-state index in [1.807, 2.05) is 23.1 Å². The summed E-state index contributed by atoms with van der Waals surface area (Å²) in [6, 6.07) is 7.38. The highest BCUT2D eigenvalue weighted by Crippen LogP contribution is 2.27. The van der Waals surface area contributed by atoms with Crippen LogP contribution in [0, 0.1) is 5.92 Å². The van der Waals surface area contributed by atoms with Gasteiger partial charge in [0, 0.05) is 32.6 Å². The van der Waals surface area contributed by atoms with Gasteiger partial charge in [0.2, 0.25) is 5.91 Å². The number of carbonyl (C=O) groups excluding carboxylic acids is 1. The number of piperazine rings is 1. The molecule has 2 heterocycles. The van der Waals surface area contributed by atoms with Crippen LogP contribution in [-0.2, 0) is 4.79 Å². The van der Waals surface area contributed by atoms with E-state index in [0.29, 0.717) is 18.1 Å². The fraction of sp³-hybridized carbons (Fsp3) is 0.533. The van der Waals surface area contributed by atoms with E-state index in [4.69, 9.17) is 0 Å². The summed E-state index contributed by atoms with van der Waals surface area (Å²) in [7, 11) is 0. The van der Waals surface area contributed by atoms with E-state index in [1.165, 1.54) is 0 Å². The summed E-state index contributed by atoms with van der Waals surface area (Å²) < 4.78 is 0. The molecule has 0 radical (unpaired) electrons. The van der Waals surface area contributed by atoms with Crippen molar-refractivity contribution < 1.29 is 9.90 Å². The number of rotatable bonds is 3. The number of amides is 1. The lowest BCUT2D eigenvalue weighted by molar-refractivity contribution is -0.132. The first kappa shape index (κ1) is 13.2. The molecule has 0 unspecified atom stereocenters. The van der Waals surface area contributed by atoms with Crippen molar-refractivity contribution in [2.45, 2.75) is 6.42 Å². The Morgan fingerprint density at radius 2 is 1.90 bits per heavy atom. The Hall–Kier alpha value is -1.75. The summed E-state index contributed by atoms with van der Waals surface area (Å²) >= 11 is 0. The van der Waals surface area contributed by atoms with Crippen molar-refractivity contribution in [2.75, 3.05) is 44.2 Å². The van der Waals surface area contributed by atoms with Gasteiger partial charge < -0.3 is 20.2 Å². The Kier molecular flexibility index (Phi) is 3.78. The SMILES string of the molecule is O=C(CC1CNC1)N1CCN(c2ccccc2O)CC1. The van der Waals surface area contributed by atoms with Crippen molar-refractivity contribution in [3.05, 3.63) is 24.3 Å². The van der Waals surface area contributed by atoms with Crippen LogP contribution in [0.25, 0.3) is 0 Å². The zero-order valence-electron chi connectivity index (χ0n) is 11.6. The van der Waals surface area contributed by atoms with Crippen molar-refractivity contribution in [3.63, 3.8) is 0 Å². The third kappa shape index (κ3) is 2.72. The molecule has 2 N–H and O–H groups in total. The summed E-state index contributed by atoms with van der Waals surface area (Å²) in [5, 5.41) is 13.1. The van der Waals surface area contributed by atoms with E-state index < -0.39 is 0 Å². The Labute approximate surface area is 119 Å². The molecule has 1 aromatic rings. The molecular weight excluding hydrogens is 254 g/mol. The van der Waals surface area contributed by atoms with Gasteiger partial charge in [-0.1, -0.05) is 12.1 Å². The van der Waals surface area contributed by atoms with Crippen LogP contribution < -0.4 is 10.2 Å². The fourth-order valence-corrected chi connectivity index (χ4v) is 2.80. The topological polar surface area (TPSA) is 55.8 Å². The molecule has 1 aromatic carbocycles. The molecule has 20 heavy (non-hydrogen) atoms. The molecule has 5 nitrogen and oxygen atoms in total. The Balaban J connectivity index is 1.54. The average Bonchev–Trinajstić information content (AvgIpc) is 2.43. The van der Waals surface area contributed by atoms with Gasteiger partial charge in [0.25, 0.3) is 0 Å². The summed E-state index contributed by atoms with van der Waals surface area (Å²) in [5.74, 6) is 1.11. The lowest BCUT2D eigenvalue weighted by atomic mass is 9.98. The predicted octanol–water partition coefficient (Wildman–Crippen LogP) is 0.650. The van der Waals surface area contributed by atoms with Crippen LogP contribution >= 0.6 is 0 Å². The summed E-state index contributed by atoms with van der Waals surface area (Å²) in [6.45, 7) is 5.01. The van der Waals surface area contributed by atoms with E-state index in [-0.39, 0.29) is 5.91 Å². The zero-order chi connectivity index (χ0) is 13.9. The normalized spacial score (nSPS) is 19.8. The number of phenols is 1. The summed E-state index contributed by atoms with van der Waals surface area (Å²) in [5.41, 5.74) is 0.864. The fourth-order valence-electron chi connectivity index (χ4n) is 2.80. The Bertz CT molecular complexity index is 480. The molecule has 2 saturated heterocycles. The standard InChI is InChI=1S/C15H21N3O2/c19-14-4-2-1-3-13(14)17-5-7-18(8-6-17)15(20)9-12-10-16-11-12/h1-4,12,16,19H,5-11H2. The molecule has 3 rings (SSSR count). The maximum atomic E-state index is 12.1. The van der Waals surface area contributed by atoms with Crippen LogP contribution in [0.2, 0.25) is 0 Å². The summed E-state index contributed by atoms with van der Waals surface area (Å²) in [6.07, 6.45) is 0.670. The Morgan fingerprint density at radius 1 is 1.20 bits per heavy atom. The van der Waals surface area contributed by atoms with E-state index in [9.17, 15) is 9.90 Å². The number of hydrogen-bond donors (Lipinski definition) is 2. The molecule has 0 aliphatic carbocycles. The second kappa shape index (κ2) is 5.71. The van der Waals surface area contributed by atoms with Crippen molar-refractivity contribution in [3.8, 4) is 5.75 Å². The lowest BCUT2D eigenvalue weighted by Crippen LogP contribution is -2.51. The third-order valence-electron chi connectivity index (χ3n) is 4.18. The first-order valence-corrected chi connectivity index (χ1v) is 7.25. The molecule has 1 amide bonds. The molecule has 2 aliphatic rings. The minimum atomic E-state index is 0.272. The predicted molar refractivity (Wildman–Crippen MR) is 77.9 cm³/mol. The van der Waals surface area contributed by atoms with Gasteiger partial charge in [-0.05, 0) is 31.1 Å². The maximum absolute atomic E-state index is 12.1. The van der Waals surface area contributed by atoms with Gasteiger partial charge in [0.05, 0.1) is 5.69 Å². The van der Waals surface area contributed by atoms with Crippen LogP contribution in [0.1, 0.15) is 6.42 Å². The van der Waals surface area contributed by atoms with Crippen molar-refractivity contribution in [1.29, 1.82) is 0 Å². The van der Waals surface area contributed by atoms with Crippen molar-refractivity contribution >= 4 is 11.6 Å². The average molecular weight is 275 g/mol. The molecule has 2 aliphatic heterocycles.